The summed E-state index contributed by atoms with van der Waals surface area (Å²) < 4.78 is 10.9. The number of hydrogen-bond donors (Lipinski definition) is 0. The molecule has 0 aliphatic carbocycles. The number of hydrogen-bond acceptors (Lipinski definition) is 3. The molecule has 0 bridgehead atoms. The zero-order valence-corrected chi connectivity index (χ0v) is 12.1. The summed E-state index contributed by atoms with van der Waals surface area (Å²) >= 11 is 5.33. The molecule has 16 heavy (non-hydrogen) atoms. The lowest BCUT2D eigenvalue weighted by Crippen LogP contribution is -2.02. The summed E-state index contributed by atoms with van der Waals surface area (Å²) in [6, 6.07) is 5.91. The van der Waals surface area contributed by atoms with Crippen molar-refractivity contribution in [2.45, 2.75) is 12.3 Å². The van der Waals surface area contributed by atoms with Crippen molar-refractivity contribution in [2.24, 2.45) is 0 Å². The Morgan fingerprint density at radius 2 is 2.19 bits per heavy atom. The van der Waals surface area contributed by atoms with Crippen LogP contribution in [-0.2, 0) is 5.33 Å². The van der Waals surface area contributed by atoms with Gasteiger partial charge in [0.2, 0.25) is 0 Å². The molecule has 0 spiro atoms. The lowest BCUT2D eigenvalue weighted by molar-refractivity contribution is 0.337. The van der Waals surface area contributed by atoms with E-state index in [1.807, 2.05) is 30.0 Å². The number of alkyl halides is 1. The molecule has 2 nitrogen and oxygen atoms in total. The van der Waals surface area contributed by atoms with Crippen molar-refractivity contribution < 1.29 is 9.47 Å². The maximum Gasteiger partial charge on any atom is 0.127 e. The molecule has 90 valence electrons. The van der Waals surface area contributed by atoms with Crippen LogP contribution in [0.3, 0.4) is 0 Å². The van der Waals surface area contributed by atoms with Crippen molar-refractivity contribution in [3.63, 3.8) is 0 Å². The Labute approximate surface area is 110 Å². The quantitative estimate of drug-likeness (QED) is 0.565. The highest BCUT2D eigenvalue weighted by atomic mass is 79.9. The minimum atomic E-state index is 0.742. The lowest BCUT2D eigenvalue weighted by Gasteiger charge is -2.11. The lowest BCUT2D eigenvalue weighted by atomic mass is 10.2. The highest BCUT2D eigenvalue weighted by molar-refractivity contribution is 9.08. The number of thioether (sulfide) groups is 1. The highest BCUT2D eigenvalue weighted by Gasteiger charge is 2.04. The molecule has 0 saturated heterocycles. The van der Waals surface area contributed by atoms with Gasteiger partial charge < -0.3 is 9.47 Å². The average Bonchev–Trinajstić information content (AvgIpc) is 2.34. The van der Waals surface area contributed by atoms with E-state index in [0.29, 0.717) is 0 Å². The summed E-state index contributed by atoms with van der Waals surface area (Å²) in [6.07, 6.45) is 0. The molecule has 0 heterocycles. The van der Waals surface area contributed by atoms with E-state index >= 15 is 0 Å². The van der Waals surface area contributed by atoms with Gasteiger partial charge in [0.15, 0.2) is 0 Å². The van der Waals surface area contributed by atoms with Crippen molar-refractivity contribution in [3.8, 4) is 11.5 Å². The molecule has 0 N–H and O–H groups in total. The minimum absolute atomic E-state index is 0.742. The number of methoxy groups -OCH3 is 1. The van der Waals surface area contributed by atoms with Gasteiger partial charge in [0.05, 0.1) is 13.7 Å². The first-order valence-corrected chi connectivity index (χ1v) is 7.52. The van der Waals surface area contributed by atoms with Crippen LogP contribution in [-0.4, -0.2) is 25.2 Å². The van der Waals surface area contributed by atoms with Crippen LogP contribution in [0.1, 0.15) is 12.5 Å². The molecule has 1 rings (SSSR count). The first-order chi connectivity index (χ1) is 7.81. The van der Waals surface area contributed by atoms with E-state index in [0.717, 1.165) is 40.5 Å². The summed E-state index contributed by atoms with van der Waals surface area (Å²) in [5.74, 6) is 3.90. The fourth-order valence-electron chi connectivity index (χ4n) is 1.26. The van der Waals surface area contributed by atoms with E-state index in [1.54, 1.807) is 7.11 Å². The van der Waals surface area contributed by atoms with Crippen molar-refractivity contribution in [3.05, 3.63) is 23.8 Å². The predicted octanol–water partition coefficient (Wildman–Crippen LogP) is 3.72. The molecule has 0 atom stereocenters. The molecular formula is C12H17BrO2S. The van der Waals surface area contributed by atoms with E-state index in [1.165, 1.54) is 0 Å². The van der Waals surface area contributed by atoms with Crippen LogP contribution in [0.25, 0.3) is 0 Å². The van der Waals surface area contributed by atoms with Crippen molar-refractivity contribution in [1.82, 2.24) is 0 Å². The third-order valence-electron chi connectivity index (χ3n) is 2.11. The third kappa shape index (κ3) is 4.26. The molecule has 1 aromatic rings. The molecular weight excluding hydrogens is 288 g/mol. The number of benzene rings is 1. The zero-order chi connectivity index (χ0) is 11.8. The maximum absolute atomic E-state index is 5.74. The molecule has 0 saturated carbocycles. The minimum Gasteiger partial charge on any atom is -0.497 e. The van der Waals surface area contributed by atoms with Gasteiger partial charge >= 0.3 is 0 Å². The van der Waals surface area contributed by atoms with Gasteiger partial charge in [0.25, 0.3) is 0 Å². The summed E-state index contributed by atoms with van der Waals surface area (Å²) in [5.41, 5.74) is 1.15. The Hall–Kier alpha value is -0.350. The number of ether oxygens (including phenoxy) is 2. The van der Waals surface area contributed by atoms with Gasteiger partial charge in [-0.1, -0.05) is 28.9 Å². The van der Waals surface area contributed by atoms with Crippen molar-refractivity contribution in [2.75, 3.05) is 25.2 Å². The average molecular weight is 305 g/mol. The van der Waals surface area contributed by atoms with Crippen molar-refractivity contribution in [1.29, 1.82) is 0 Å². The molecule has 0 fully saturated rings. The summed E-state index contributed by atoms with van der Waals surface area (Å²) in [4.78, 5) is 0. The molecule has 0 amide bonds. The van der Waals surface area contributed by atoms with Gasteiger partial charge in [-0.05, 0) is 11.8 Å². The van der Waals surface area contributed by atoms with Crippen LogP contribution in [0.15, 0.2) is 18.2 Å². The van der Waals surface area contributed by atoms with E-state index in [4.69, 9.17) is 9.47 Å². The topological polar surface area (TPSA) is 18.5 Å². The molecule has 0 radical (unpaired) electrons. The second-order valence-corrected chi connectivity index (χ2v) is 5.11. The number of rotatable bonds is 7. The van der Waals surface area contributed by atoms with Crippen LogP contribution < -0.4 is 9.47 Å². The fourth-order valence-corrected chi connectivity index (χ4v) is 2.21. The van der Waals surface area contributed by atoms with E-state index in [-0.39, 0.29) is 0 Å². The SMILES string of the molecule is CCSCCOc1cc(OC)ccc1CBr. The Morgan fingerprint density at radius 3 is 2.81 bits per heavy atom. The zero-order valence-electron chi connectivity index (χ0n) is 9.66. The summed E-state index contributed by atoms with van der Waals surface area (Å²) in [5, 5.41) is 0.799. The van der Waals surface area contributed by atoms with Gasteiger partial charge in [-0.25, -0.2) is 0 Å². The Bertz CT molecular complexity index is 318. The molecule has 0 aliphatic heterocycles. The monoisotopic (exact) mass is 304 g/mol. The highest BCUT2D eigenvalue weighted by Crippen LogP contribution is 2.26. The fraction of sp³-hybridized carbons (Fsp3) is 0.500. The van der Waals surface area contributed by atoms with Gasteiger partial charge in [-0.3, -0.25) is 0 Å². The standard InChI is InChI=1S/C12H17BrO2S/c1-3-16-7-6-15-12-8-11(14-2)5-4-10(12)9-13/h4-5,8H,3,6-7,9H2,1-2H3. The summed E-state index contributed by atoms with van der Waals surface area (Å²) in [7, 11) is 1.67. The van der Waals surface area contributed by atoms with Crippen LogP contribution in [0.4, 0.5) is 0 Å². The molecule has 0 aliphatic rings. The first kappa shape index (κ1) is 13.7. The second-order valence-electron chi connectivity index (χ2n) is 3.15. The van der Waals surface area contributed by atoms with Crippen LogP contribution in [0, 0.1) is 0 Å². The van der Waals surface area contributed by atoms with E-state index in [2.05, 4.69) is 22.9 Å². The van der Waals surface area contributed by atoms with E-state index < -0.39 is 0 Å². The van der Waals surface area contributed by atoms with Crippen LogP contribution >= 0.6 is 27.7 Å². The Balaban J connectivity index is 2.60. The molecule has 0 unspecified atom stereocenters. The van der Waals surface area contributed by atoms with Gasteiger partial charge in [0, 0.05) is 22.7 Å². The molecule has 4 heteroatoms. The normalized spacial score (nSPS) is 10.2. The van der Waals surface area contributed by atoms with Crippen LogP contribution in [0.2, 0.25) is 0 Å². The largest absolute Gasteiger partial charge is 0.497 e. The maximum atomic E-state index is 5.74. The molecule has 0 aromatic heterocycles. The van der Waals surface area contributed by atoms with E-state index in [9.17, 15) is 0 Å². The summed E-state index contributed by atoms with van der Waals surface area (Å²) in [6.45, 7) is 2.89. The first-order valence-electron chi connectivity index (χ1n) is 5.25. The second kappa shape index (κ2) is 7.85. The Kier molecular flexibility index (Phi) is 6.73. The molecule has 1 aromatic carbocycles. The third-order valence-corrected chi connectivity index (χ3v) is 3.58. The van der Waals surface area contributed by atoms with Crippen molar-refractivity contribution >= 4 is 27.7 Å². The Morgan fingerprint density at radius 1 is 1.38 bits per heavy atom. The van der Waals surface area contributed by atoms with Gasteiger partial charge in [0.1, 0.15) is 11.5 Å². The van der Waals surface area contributed by atoms with Gasteiger partial charge in [-0.2, -0.15) is 11.8 Å². The smallest absolute Gasteiger partial charge is 0.127 e. The van der Waals surface area contributed by atoms with Crippen LogP contribution in [0.5, 0.6) is 11.5 Å². The van der Waals surface area contributed by atoms with Gasteiger partial charge in [-0.15, -0.1) is 0 Å². The number of halogens is 1. The predicted molar refractivity (Wildman–Crippen MR) is 74.1 cm³/mol.